The van der Waals surface area contributed by atoms with Crippen LogP contribution in [-0.4, -0.2) is 47.7 Å². The molecular formula is C15H23N3O2. The molecule has 0 N–H and O–H groups in total. The Morgan fingerprint density at radius 2 is 2.25 bits per heavy atom. The minimum Gasteiger partial charge on any atom is -0.481 e. The molecule has 1 saturated heterocycles. The Bertz CT molecular complexity index is 419. The van der Waals surface area contributed by atoms with Crippen LogP contribution in [0.3, 0.4) is 0 Å². The predicted molar refractivity (Wildman–Crippen MR) is 78.1 cm³/mol. The molecular weight excluding hydrogens is 254 g/mol. The summed E-state index contributed by atoms with van der Waals surface area (Å²) in [5.41, 5.74) is 0. The van der Waals surface area contributed by atoms with Crippen molar-refractivity contribution in [2.45, 2.75) is 31.8 Å². The lowest BCUT2D eigenvalue weighted by Gasteiger charge is -2.23. The highest BCUT2D eigenvalue weighted by atomic mass is 16.5. The van der Waals surface area contributed by atoms with Gasteiger partial charge >= 0.3 is 6.01 Å². The zero-order valence-corrected chi connectivity index (χ0v) is 12.1. The van der Waals surface area contributed by atoms with Crippen LogP contribution in [0.1, 0.15) is 25.7 Å². The van der Waals surface area contributed by atoms with Gasteiger partial charge in [0.2, 0.25) is 5.88 Å². The predicted octanol–water partition coefficient (Wildman–Crippen LogP) is 2.29. The minimum atomic E-state index is 0.0956. The van der Waals surface area contributed by atoms with E-state index in [1.54, 1.807) is 19.4 Å². The summed E-state index contributed by atoms with van der Waals surface area (Å²) < 4.78 is 11.0. The topological polar surface area (TPSA) is 47.5 Å². The maximum atomic E-state index is 5.93. The van der Waals surface area contributed by atoms with Crippen LogP contribution in [0.25, 0.3) is 0 Å². The molecule has 1 atom stereocenters. The van der Waals surface area contributed by atoms with Gasteiger partial charge in [-0.25, -0.2) is 4.98 Å². The highest BCUT2D eigenvalue weighted by Gasteiger charge is 2.19. The van der Waals surface area contributed by atoms with Gasteiger partial charge in [-0.05, 0) is 38.8 Å². The second-order valence-electron chi connectivity index (χ2n) is 5.00. The molecule has 0 amide bonds. The van der Waals surface area contributed by atoms with Crippen LogP contribution < -0.4 is 9.47 Å². The lowest BCUT2D eigenvalue weighted by Crippen LogP contribution is -2.34. The zero-order valence-electron chi connectivity index (χ0n) is 12.1. The van der Waals surface area contributed by atoms with Gasteiger partial charge in [-0.1, -0.05) is 6.08 Å². The first kappa shape index (κ1) is 14.8. The van der Waals surface area contributed by atoms with Gasteiger partial charge in [-0.2, -0.15) is 4.98 Å². The smallest absolute Gasteiger partial charge is 0.319 e. The van der Waals surface area contributed by atoms with E-state index >= 15 is 0 Å². The van der Waals surface area contributed by atoms with Gasteiger partial charge in [0.1, 0.15) is 6.10 Å². The molecule has 2 rings (SSSR count). The molecule has 0 spiro atoms. The van der Waals surface area contributed by atoms with Gasteiger partial charge in [-0.3, -0.25) is 4.90 Å². The molecule has 0 unspecified atom stereocenters. The first-order valence-electron chi connectivity index (χ1n) is 7.18. The van der Waals surface area contributed by atoms with E-state index in [9.17, 15) is 0 Å². The molecule has 20 heavy (non-hydrogen) atoms. The van der Waals surface area contributed by atoms with E-state index in [4.69, 9.17) is 9.47 Å². The number of aromatic nitrogens is 2. The molecule has 2 heterocycles. The van der Waals surface area contributed by atoms with E-state index < -0.39 is 0 Å². The van der Waals surface area contributed by atoms with E-state index in [2.05, 4.69) is 21.4 Å². The Labute approximate surface area is 120 Å². The summed E-state index contributed by atoms with van der Waals surface area (Å²) in [6.07, 6.45) is 8.10. The third kappa shape index (κ3) is 4.49. The summed E-state index contributed by atoms with van der Waals surface area (Å²) in [6.45, 7) is 7.02. The standard InChI is InChI=1S/C15H23N3O2/c1-3-4-7-13(12-18-10-5-6-11-18)20-15-16-9-8-14(17-15)19-2/h3,8-9,13H,1,4-7,10-12H2,2H3/t13-/m1/s1. The maximum absolute atomic E-state index is 5.93. The van der Waals surface area contributed by atoms with E-state index in [1.807, 2.05) is 6.08 Å². The second kappa shape index (κ2) is 7.85. The van der Waals surface area contributed by atoms with Crippen molar-refractivity contribution < 1.29 is 9.47 Å². The number of rotatable bonds is 8. The first-order chi connectivity index (χ1) is 9.81. The zero-order chi connectivity index (χ0) is 14.2. The summed E-state index contributed by atoms with van der Waals surface area (Å²) in [4.78, 5) is 10.8. The van der Waals surface area contributed by atoms with Crippen LogP contribution in [-0.2, 0) is 0 Å². The largest absolute Gasteiger partial charge is 0.481 e. The van der Waals surface area contributed by atoms with Gasteiger partial charge in [0.15, 0.2) is 0 Å². The van der Waals surface area contributed by atoms with Gasteiger partial charge in [-0.15, -0.1) is 6.58 Å². The van der Waals surface area contributed by atoms with E-state index in [-0.39, 0.29) is 6.10 Å². The van der Waals surface area contributed by atoms with Crippen molar-refractivity contribution >= 4 is 0 Å². The Morgan fingerprint density at radius 1 is 1.45 bits per heavy atom. The normalized spacial score (nSPS) is 16.9. The molecule has 0 radical (unpaired) electrons. The average Bonchev–Trinajstić information content (AvgIpc) is 2.98. The fraction of sp³-hybridized carbons (Fsp3) is 0.600. The highest BCUT2D eigenvalue weighted by molar-refractivity contribution is 5.11. The van der Waals surface area contributed by atoms with E-state index in [0.717, 1.165) is 32.5 Å². The van der Waals surface area contributed by atoms with Crippen LogP contribution >= 0.6 is 0 Å². The SMILES string of the molecule is C=CCC[C@H](CN1CCCC1)Oc1nccc(OC)n1. The molecule has 1 aliphatic rings. The number of hydrogen-bond acceptors (Lipinski definition) is 5. The monoisotopic (exact) mass is 277 g/mol. The van der Waals surface area contributed by atoms with Crippen LogP contribution in [0.4, 0.5) is 0 Å². The van der Waals surface area contributed by atoms with Crippen molar-refractivity contribution in [3.8, 4) is 11.9 Å². The minimum absolute atomic E-state index is 0.0956. The molecule has 0 bridgehead atoms. The maximum Gasteiger partial charge on any atom is 0.319 e. The van der Waals surface area contributed by atoms with Crippen LogP contribution in [0.15, 0.2) is 24.9 Å². The van der Waals surface area contributed by atoms with Gasteiger partial charge in [0.25, 0.3) is 0 Å². The van der Waals surface area contributed by atoms with Crippen molar-refractivity contribution in [1.29, 1.82) is 0 Å². The molecule has 0 aromatic carbocycles. The molecule has 1 aliphatic heterocycles. The number of nitrogens with zero attached hydrogens (tertiary/aromatic N) is 3. The molecule has 0 aliphatic carbocycles. The molecule has 5 nitrogen and oxygen atoms in total. The molecule has 1 fully saturated rings. The Balaban J connectivity index is 1.95. The number of allylic oxidation sites excluding steroid dienone is 1. The highest BCUT2D eigenvalue weighted by Crippen LogP contribution is 2.16. The summed E-state index contributed by atoms with van der Waals surface area (Å²) in [7, 11) is 1.59. The molecule has 0 saturated carbocycles. The lowest BCUT2D eigenvalue weighted by molar-refractivity contribution is 0.128. The Hall–Kier alpha value is -1.62. The number of ether oxygens (including phenoxy) is 2. The van der Waals surface area contributed by atoms with Crippen molar-refractivity contribution in [2.24, 2.45) is 0 Å². The summed E-state index contributed by atoms with van der Waals surface area (Å²) in [5.74, 6) is 0.527. The molecule has 1 aromatic rings. The summed E-state index contributed by atoms with van der Waals surface area (Å²) in [5, 5.41) is 0. The van der Waals surface area contributed by atoms with Gasteiger partial charge in [0.05, 0.1) is 7.11 Å². The lowest BCUT2D eigenvalue weighted by atomic mass is 10.2. The van der Waals surface area contributed by atoms with Gasteiger partial charge in [0, 0.05) is 18.8 Å². The van der Waals surface area contributed by atoms with Crippen LogP contribution in [0.5, 0.6) is 11.9 Å². The van der Waals surface area contributed by atoms with E-state index in [0.29, 0.717) is 11.9 Å². The van der Waals surface area contributed by atoms with Crippen molar-refractivity contribution in [3.63, 3.8) is 0 Å². The number of hydrogen-bond donors (Lipinski definition) is 0. The van der Waals surface area contributed by atoms with Gasteiger partial charge < -0.3 is 9.47 Å². The van der Waals surface area contributed by atoms with Crippen molar-refractivity contribution in [2.75, 3.05) is 26.7 Å². The molecule has 1 aromatic heterocycles. The van der Waals surface area contributed by atoms with Crippen molar-refractivity contribution in [1.82, 2.24) is 14.9 Å². The second-order valence-corrected chi connectivity index (χ2v) is 5.00. The number of likely N-dealkylation sites (tertiary alicyclic amines) is 1. The Kier molecular flexibility index (Phi) is 5.80. The fourth-order valence-corrected chi connectivity index (χ4v) is 2.39. The Morgan fingerprint density at radius 3 is 2.95 bits per heavy atom. The fourth-order valence-electron chi connectivity index (χ4n) is 2.39. The average molecular weight is 277 g/mol. The first-order valence-corrected chi connectivity index (χ1v) is 7.18. The summed E-state index contributed by atoms with van der Waals surface area (Å²) in [6, 6.07) is 2.10. The quantitative estimate of drug-likeness (QED) is 0.682. The summed E-state index contributed by atoms with van der Waals surface area (Å²) >= 11 is 0. The molecule has 110 valence electrons. The van der Waals surface area contributed by atoms with E-state index in [1.165, 1.54) is 12.8 Å². The van der Waals surface area contributed by atoms with Crippen LogP contribution in [0, 0.1) is 0 Å². The van der Waals surface area contributed by atoms with Crippen LogP contribution in [0.2, 0.25) is 0 Å². The number of methoxy groups -OCH3 is 1. The third-order valence-electron chi connectivity index (χ3n) is 3.44. The van der Waals surface area contributed by atoms with Crippen molar-refractivity contribution in [3.05, 3.63) is 24.9 Å². The third-order valence-corrected chi connectivity index (χ3v) is 3.44. The molecule has 5 heteroatoms.